The standard InChI is InChI=1S/C21H21N3OS/c1-15-23-20-19(17-12-6-3-7-13-18(17)26-20)21(25)24(15)22-14-8-11-16-9-4-2-5-10-16/h2,4-5,8-11,14H,3,6-7,12-13H2,1H3/b11-8+,22-14+. The molecule has 2 aromatic heterocycles. The fourth-order valence-corrected chi connectivity index (χ4v) is 4.73. The Morgan fingerprint density at radius 2 is 1.96 bits per heavy atom. The second-order valence-electron chi connectivity index (χ2n) is 6.55. The molecule has 3 aromatic rings. The minimum Gasteiger partial charge on any atom is -0.267 e. The van der Waals surface area contributed by atoms with Gasteiger partial charge in [-0.2, -0.15) is 9.78 Å². The molecule has 0 spiro atoms. The van der Waals surface area contributed by atoms with Crippen molar-refractivity contribution in [1.29, 1.82) is 0 Å². The van der Waals surface area contributed by atoms with Crippen LogP contribution in [-0.4, -0.2) is 15.9 Å². The predicted molar refractivity (Wildman–Crippen MR) is 109 cm³/mol. The first-order valence-electron chi connectivity index (χ1n) is 9.04. The largest absolute Gasteiger partial charge is 0.283 e. The summed E-state index contributed by atoms with van der Waals surface area (Å²) in [6.07, 6.45) is 11.1. The summed E-state index contributed by atoms with van der Waals surface area (Å²) < 4.78 is 1.43. The Kier molecular flexibility index (Phi) is 4.80. The molecular formula is C21H21N3OS. The molecule has 0 aliphatic heterocycles. The number of rotatable bonds is 3. The zero-order valence-corrected chi connectivity index (χ0v) is 15.6. The van der Waals surface area contributed by atoms with Gasteiger partial charge in [-0.25, -0.2) is 4.98 Å². The molecular weight excluding hydrogens is 342 g/mol. The van der Waals surface area contributed by atoms with Crippen molar-refractivity contribution < 1.29 is 0 Å². The maximum absolute atomic E-state index is 13.1. The van der Waals surface area contributed by atoms with E-state index < -0.39 is 0 Å². The maximum atomic E-state index is 13.1. The third-order valence-electron chi connectivity index (χ3n) is 4.74. The van der Waals surface area contributed by atoms with Gasteiger partial charge in [0.15, 0.2) is 0 Å². The third-order valence-corrected chi connectivity index (χ3v) is 5.92. The monoisotopic (exact) mass is 363 g/mol. The van der Waals surface area contributed by atoms with Gasteiger partial charge in [0, 0.05) is 11.1 Å². The van der Waals surface area contributed by atoms with E-state index in [9.17, 15) is 4.79 Å². The Morgan fingerprint density at radius 3 is 2.81 bits per heavy atom. The quantitative estimate of drug-likeness (QED) is 0.505. The number of hydrogen-bond acceptors (Lipinski definition) is 4. The van der Waals surface area contributed by atoms with E-state index >= 15 is 0 Å². The van der Waals surface area contributed by atoms with Crippen LogP contribution in [0.1, 0.15) is 41.1 Å². The summed E-state index contributed by atoms with van der Waals surface area (Å²) in [5.41, 5.74) is 2.26. The summed E-state index contributed by atoms with van der Waals surface area (Å²) >= 11 is 1.69. The second-order valence-corrected chi connectivity index (χ2v) is 7.64. The molecule has 26 heavy (non-hydrogen) atoms. The highest BCUT2D eigenvalue weighted by Crippen LogP contribution is 2.33. The van der Waals surface area contributed by atoms with Crippen LogP contribution in [0, 0.1) is 6.92 Å². The molecule has 0 bridgehead atoms. The van der Waals surface area contributed by atoms with Gasteiger partial charge in [-0.3, -0.25) is 4.79 Å². The Bertz CT molecular complexity index is 1040. The summed E-state index contributed by atoms with van der Waals surface area (Å²) in [5.74, 6) is 0.628. The molecule has 2 heterocycles. The van der Waals surface area contributed by atoms with Crippen LogP contribution in [0.4, 0.5) is 0 Å². The molecule has 0 radical (unpaired) electrons. The molecule has 0 saturated carbocycles. The molecule has 0 atom stereocenters. The molecule has 5 heteroatoms. The number of benzene rings is 1. The van der Waals surface area contributed by atoms with Gasteiger partial charge in [0.05, 0.1) is 5.39 Å². The fraction of sp³-hybridized carbons (Fsp3) is 0.286. The Balaban J connectivity index is 1.71. The van der Waals surface area contributed by atoms with Crippen molar-refractivity contribution in [3.63, 3.8) is 0 Å². The molecule has 0 unspecified atom stereocenters. The van der Waals surface area contributed by atoms with Crippen molar-refractivity contribution in [3.8, 4) is 0 Å². The summed E-state index contributed by atoms with van der Waals surface area (Å²) in [5, 5.41) is 5.14. The molecule has 4 nitrogen and oxygen atoms in total. The highest BCUT2D eigenvalue weighted by Gasteiger charge is 2.20. The van der Waals surface area contributed by atoms with Crippen molar-refractivity contribution in [2.45, 2.75) is 39.0 Å². The van der Waals surface area contributed by atoms with Crippen molar-refractivity contribution in [2.75, 3.05) is 0 Å². The van der Waals surface area contributed by atoms with Crippen LogP contribution in [0.25, 0.3) is 16.3 Å². The van der Waals surface area contributed by atoms with E-state index in [-0.39, 0.29) is 5.56 Å². The SMILES string of the molecule is Cc1nc2sc3c(c2c(=O)n1/N=C/C=C/c1ccccc1)CCCCC3. The van der Waals surface area contributed by atoms with Gasteiger partial charge in [-0.05, 0) is 49.8 Å². The van der Waals surface area contributed by atoms with Crippen molar-refractivity contribution in [2.24, 2.45) is 5.10 Å². The molecule has 0 saturated heterocycles. The minimum atomic E-state index is -0.0451. The highest BCUT2D eigenvalue weighted by atomic mass is 32.1. The van der Waals surface area contributed by atoms with Gasteiger partial charge in [0.25, 0.3) is 5.56 Å². The number of hydrogen-bond donors (Lipinski definition) is 0. The van der Waals surface area contributed by atoms with Crippen LogP contribution in [-0.2, 0) is 12.8 Å². The average molecular weight is 363 g/mol. The molecule has 132 valence electrons. The van der Waals surface area contributed by atoms with Crippen molar-refractivity contribution >= 4 is 33.8 Å². The molecule has 0 N–H and O–H groups in total. The molecule has 0 fully saturated rings. The van der Waals surface area contributed by atoms with E-state index in [4.69, 9.17) is 0 Å². The van der Waals surface area contributed by atoms with Crippen molar-refractivity contribution in [3.05, 3.63) is 68.6 Å². The first-order valence-corrected chi connectivity index (χ1v) is 9.85. The summed E-state index contributed by atoms with van der Waals surface area (Å²) in [6.45, 7) is 1.84. The number of fused-ring (bicyclic) bond motifs is 3. The van der Waals surface area contributed by atoms with Gasteiger partial charge in [0.2, 0.25) is 0 Å². The number of aromatic nitrogens is 2. The number of aryl methyl sites for hydroxylation is 3. The Hall–Kier alpha value is -2.53. The van der Waals surface area contributed by atoms with E-state index in [1.54, 1.807) is 17.6 Å². The Labute approximate surface area is 156 Å². The molecule has 1 aliphatic rings. The summed E-state index contributed by atoms with van der Waals surface area (Å²) in [6, 6.07) is 10.0. The van der Waals surface area contributed by atoms with Gasteiger partial charge < -0.3 is 0 Å². The van der Waals surface area contributed by atoms with Gasteiger partial charge in [-0.1, -0.05) is 42.8 Å². The topological polar surface area (TPSA) is 47.2 Å². The Morgan fingerprint density at radius 1 is 1.15 bits per heavy atom. The zero-order valence-electron chi connectivity index (χ0n) is 14.8. The van der Waals surface area contributed by atoms with Gasteiger partial charge in [0.1, 0.15) is 10.7 Å². The van der Waals surface area contributed by atoms with Crippen LogP contribution < -0.4 is 5.56 Å². The maximum Gasteiger partial charge on any atom is 0.283 e. The van der Waals surface area contributed by atoms with E-state index in [0.29, 0.717) is 5.82 Å². The highest BCUT2D eigenvalue weighted by molar-refractivity contribution is 7.18. The third kappa shape index (κ3) is 3.27. The number of thiophene rings is 1. The lowest BCUT2D eigenvalue weighted by Crippen LogP contribution is -2.20. The first kappa shape index (κ1) is 16.9. The van der Waals surface area contributed by atoms with E-state index in [1.165, 1.54) is 28.0 Å². The smallest absolute Gasteiger partial charge is 0.267 e. The average Bonchev–Trinajstić information content (AvgIpc) is 2.83. The lowest BCUT2D eigenvalue weighted by atomic mass is 10.1. The van der Waals surface area contributed by atoms with Gasteiger partial charge >= 0.3 is 0 Å². The molecule has 0 amide bonds. The number of nitrogens with zero attached hydrogens (tertiary/aromatic N) is 3. The lowest BCUT2D eigenvalue weighted by Gasteiger charge is -2.04. The van der Waals surface area contributed by atoms with Crippen LogP contribution in [0.5, 0.6) is 0 Å². The molecule has 1 aromatic carbocycles. The van der Waals surface area contributed by atoms with Crippen LogP contribution in [0.3, 0.4) is 0 Å². The molecule has 4 rings (SSSR count). The normalized spacial score (nSPS) is 15.0. The first-order chi connectivity index (χ1) is 12.7. The summed E-state index contributed by atoms with van der Waals surface area (Å²) in [7, 11) is 0. The van der Waals surface area contributed by atoms with E-state index in [2.05, 4.69) is 10.1 Å². The lowest BCUT2D eigenvalue weighted by molar-refractivity contribution is 0.712. The van der Waals surface area contributed by atoms with Crippen LogP contribution in [0.2, 0.25) is 0 Å². The number of allylic oxidation sites excluding steroid dienone is 1. The van der Waals surface area contributed by atoms with Crippen LogP contribution in [0.15, 0.2) is 46.3 Å². The molecule has 1 aliphatic carbocycles. The predicted octanol–water partition coefficient (Wildman–Crippen LogP) is 4.58. The van der Waals surface area contributed by atoms with Gasteiger partial charge in [-0.15, -0.1) is 11.3 Å². The second kappa shape index (κ2) is 7.38. The zero-order chi connectivity index (χ0) is 17.9. The minimum absolute atomic E-state index is 0.0451. The van der Waals surface area contributed by atoms with E-state index in [0.717, 1.165) is 35.0 Å². The fourth-order valence-electron chi connectivity index (χ4n) is 3.43. The van der Waals surface area contributed by atoms with E-state index in [1.807, 2.05) is 49.4 Å². The van der Waals surface area contributed by atoms with Crippen LogP contribution >= 0.6 is 11.3 Å². The van der Waals surface area contributed by atoms with Crippen molar-refractivity contribution in [1.82, 2.24) is 9.66 Å². The summed E-state index contributed by atoms with van der Waals surface area (Å²) in [4.78, 5) is 19.9.